The number of benzene rings is 1. The van der Waals surface area contributed by atoms with E-state index in [9.17, 15) is 4.79 Å². The molecule has 1 N–H and O–H groups in total. The Morgan fingerprint density at radius 3 is 2.89 bits per heavy atom. The topological polar surface area (TPSA) is 38.3 Å². The molecule has 2 unspecified atom stereocenters. The van der Waals surface area contributed by atoms with Crippen LogP contribution in [0.3, 0.4) is 0 Å². The van der Waals surface area contributed by atoms with Crippen LogP contribution >= 0.6 is 0 Å². The third-order valence-electron chi connectivity index (χ3n) is 3.52. The molecule has 1 aliphatic heterocycles. The summed E-state index contributed by atoms with van der Waals surface area (Å²) in [5, 5.41) is 3.04. The lowest BCUT2D eigenvalue weighted by molar-refractivity contribution is 0.0712. The van der Waals surface area contributed by atoms with Crippen LogP contribution in [0.15, 0.2) is 18.2 Å². The maximum atomic E-state index is 12.2. The van der Waals surface area contributed by atoms with Gasteiger partial charge >= 0.3 is 0 Å². The van der Waals surface area contributed by atoms with Crippen LogP contribution in [0.2, 0.25) is 0 Å². The molecule has 2 atom stereocenters. The van der Waals surface area contributed by atoms with Crippen LogP contribution in [0.5, 0.6) is 0 Å². The average Bonchev–Trinajstić information content (AvgIpc) is 2.85. The summed E-state index contributed by atoms with van der Waals surface area (Å²) >= 11 is 0. The average molecular weight is 247 g/mol. The zero-order chi connectivity index (χ0) is 13.1. The van der Waals surface area contributed by atoms with Gasteiger partial charge in [0.15, 0.2) is 0 Å². The molecule has 0 aliphatic carbocycles. The smallest absolute Gasteiger partial charge is 0.251 e. The third kappa shape index (κ3) is 2.91. The number of nitrogens with one attached hydrogen (secondary N) is 1. The molecule has 1 aromatic carbocycles. The van der Waals surface area contributed by atoms with Gasteiger partial charge in [0.25, 0.3) is 5.91 Å². The number of ether oxygens (including phenoxy) is 1. The SMILES string of the molecule is Cc1ccc(C)c(C(=O)NC(C)C2CCCO2)c1. The predicted octanol–water partition coefficient (Wildman–Crippen LogP) is 2.60. The number of carbonyl (C=O) groups excluding carboxylic acids is 1. The predicted molar refractivity (Wildman–Crippen MR) is 71.8 cm³/mol. The molecule has 0 saturated carbocycles. The Hall–Kier alpha value is -1.35. The van der Waals surface area contributed by atoms with Crippen LogP contribution in [0.25, 0.3) is 0 Å². The van der Waals surface area contributed by atoms with Crippen LogP contribution in [0.1, 0.15) is 41.3 Å². The first-order valence-electron chi connectivity index (χ1n) is 6.57. The second-order valence-electron chi connectivity index (χ2n) is 5.13. The maximum Gasteiger partial charge on any atom is 0.251 e. The van der Waals surface area contributed by atoms with Crippen LogP contribution in [0.4, 0.5) is 0 Å². The molecule has 0 bridgehead atoms. The molecule has 2 rings (SSSR count). The molecule has 1 heterocycles. The van der Waals surface area contributed by atoms with Crippen molar-refractivity contribution >= 4 is 5.91 Å². The van der Waals surface area contributed by atoms with E-state index in [2.05, 4.69) is 5.32 Å². The highest BCUT2D eigenvalue weighted by Gasteiger charge is 2.24. The number of carbonyl (C=O) groups is 1. The Morgan fingerprint density at radius 2 is 2.22 bits per heavy atom. The van der Waals surface area contributed by atoms with Gasteiger partial charge in [0.2, 0.25) is 0 Å². The summed E-state index contributed by atoms with van der Waals surface area (Å²) in [6.45, 7) is 6.79. The van der Waals surface area contributed by atoms with E-state index < -0.39 is 0 Å². The normalized spacial score (nSPS) is 20.7. The fraction of sp³-hybridized carbons (Fsp3) is 0.533. The Bertz CT molecular complexity index is 436. The molecular weight excluding hydrogens is 226 g/mol. The number of hydrogen-bond donors (Lipinski definition) is 1. The molecule has 1 amide bonds. The van der Waals surface area contributed by atoms with E-state index >= 15 is 0 Å². The molecule has 3 heteroatoms. The van der Waals surface area contributed by atoms with Gasteiger partial charge in [-0.1, -0.05) is 17.7 Å². The maximum absolute atomic E-state index is 12.2. The number of rotatable bonds is 3. The summed E-state index contributed by atoms with van der Waals surface area (Å²) in [6.07, 6.45) is 2.29. The first-order chi connectivity index (χ1) is 8.58. The zero-order valence-electron chi connectivity index (χ0n) is 11.3. The molecule has 98 valence electrons. The monoisotopic (exact) mass is 247 g/mol. The highest BCUT2D eigenvalue weighted by atomic mass is 16.5. The minimum absolute atomic E-state index is 0.000741. The molecule has 1 saturated heterocycles. The van der Waals surface area contributed by atoms with Crippen molar-refractivity contribution in [2.75, 3.05) is 6.61 Å². The van der Waals surface area contributed by atoms with Crippen LogP contribution in [-0.2, 0) is 4.74 Å². The van der Waals surface area contributed by atoms with E-state index in [0.29, 0.717) is 0 Å². The first kappa shape index (κ1) is 13.1. The van der Waals surface area contributed by atoms with Crippen LogP contribution < -0.4 is 5.32 Å². The lowest BCUT2D eigenvalue weighted by Crippen LogP contribution is -2.41. The number of aryl methyl sites for hydroxylation is 2. The van der Waals surface area contributed by atoms with Crippen molar-refractivity contribution in [2.45, 2.75) is 45.8 Å². The standard InChI is InChI=1S/C15H21NO2/c1-10-6-7-11(2)13(9-10)15(17)16-12(3)14-5-4-8-18-14/h6-7,9,12,14H,4-5,8H2,1-3H3,(H,16,17). The highest BCUT2D eigenvalue weighted by Crippen LogP contribution is 2.16. The van der Waals surface area contributed by atoms with Gasteiger partial charge in [-0.15, -0.1) is 0 Å². The Kier molecular flexibility index (Phi) is 4.02. The van der Waals surface area contributed by atoms with Gasteiger partial charge in [-0.25, -0.2) is 0 Å². The summed E-state index contributed by atoms with van der Waals surface area (Å²) in [5.74, 6) is -0.000741. The molecular formula is C15H21NO2. The summed E-state index contributed by atoms with van der Waals surface area (Å²) in [4.78, 5) is 12.2. The van der Waals surface area contributed by atoms with E-state index in [1.165, 1.54) is 0 Å². The van der Waals surface area contributed by atoms with Crippen molar-refractivity contribution in [2.24, 2.45) is 0 Å². The molecule has 0 spiro atoms. The van der Waals surface area contributed by atoms with Crippen LogP contribution in [-0.4, -0.2) is 24.7 Å². The molecule has 1 aliphatic rings. The Labute approximate surface area is 109 Å². The second kappa shape index (κ2) is 5.53. The van der Waals surface area contributed by atoms with Crippen molar-refractivity contribution in [3.05, 3.63) is 34.9 Å². The summed E-state index contributed by atoms with van der Waals surface area (Å²) in [5.41, 5.74) is 2.88. The fourth-order valence-corrected chi connectivity index (χ4v) is 2.35. The largest absolute Gasteiger partial charge is 0.376 e. The molecule has 1 fully saturated rings. The lowest BCUT2D eigenvalue weighted by Gasteiger charge is -2.20. The molecule has 1 aromatic rings. The number of hydrogen-bond acceptors (Lipinski definition) is 2. The van der Waals surface area contributed by atoms with Gasteiger partial charge in [-0.05, 0) is 45.2 Å². The van der Waals surface area contributed by atoms with Gasteiger partial charge < -0.3 is 10.1 Å². The zero-order valence-corrected chi connectivity index (χ0v) is 11.3. The van der Waals surface area contributed by atoms with Crippen molar-refractivity contribution in [3.8, 4) is 0 Å². The van der Waals surface area contributed by atoms with E-state index in [1.807, 2.05) is 39.0 Å². The Morgan fingerprint density at radius 1 is 1.44 bits per heavy atom. The minimum Gasteiger partial charge on any atom is -0.376 e. The van der Waals surface area contributed by atoms with Crippen molar-refractivity contribution < 1.29 is 9.53 Å². The highest BCUT2D eigenvalue weighted by molar-refractivity contribution is 5.96. The third-order valence-corrected chi connectivity index (χ3v) is 3.52. The quantitative estimate of drug-likeness (QED) is 0.891. The van der Waals surface area contributed by atoms with E-state index in [0.717, 1.165) is 36.1 Å². The van der Waals surface area contributed by atoms with Gasteiger partial charge in [-0.2, -0.15) is 0 Å². The minimum atomic E-state index is -0.000741. The lowest BCUT2D eigenvalue weighted by atomic mass is 10.0. The first-order valence-corrected chi connectivity index (χ1v) is 6.57. The summed E-state index contributed by atoms with van der Waals surface area (Å²) in [6, 6.07) is 6.02. The van der Waals surface area contributed by atoms with Gasteiger partial charge in [-0.3, -0.25) is 4.79 Å². The second-order valence-corrected chi connectivity index (χ2v) is 5.13. The molecule has 0 radical (unpaired) electrons. The van der Waals surface area contributed by atoms with E-state index in [-0.39, 0.29) is 18.1 Å². The van der Waals surface area contributed by atoms with Gasteiger partial charge in [0.1, 0.15) is 0 Å². The van der Waals surface area contributed by atoms with E-state index in [1.54, 1.807) is 0 Å². The van der Waals surface area contributed by atoms with Crippen molar-refractivity contribution in [3.63, 3.8) is 0 Å². The summed E-state index contributed by atoms with van der Waals surface area (Å²) in [7, 11) is 0. The van der Waals surface area contributed by atoms with Gasteiger partial charge in [0, 0.05) is 12.2 Å². The van der Waals surface area contributed by atoms with Gasteiger partial charge in [0.05, 0.1) is 12.1 Å². The number of amides is 1. The van der Waals surface area contributed by atoms with E-state index in [4.69, 9.17) is 4.74 Å². The van der Waals surface area contributed by atoms with Crippen molar-refractivity contribution in [1.29, 1.82) is 0 Å². The molecule has 18 heavy (non-hydrogen) atoms. The van der Waals surface area contributed by atoms with Crippen LogP contribution in [0, 0.1) is 13.8 Å². The fourth-order valence-electron chi connectivity index (χ4n) is 2.35. The molecule has 0 aromatic heterocycles. The van der Waals surface area contributed by atoms with Crippen molar-refractivity contribution in [1.82, 2.24) is 5.32 Å². The molecule has 3 nitrogen and oxygen atoms in total. The summed E-state index contributed by atoms with van der Waals surface area (Å²) < 4.78 is 5.59. The Balaban J connectivity index is 2.04.